The number of carbonyl (C=O) groups is 1. The summed E-state index contributed by atoms with van der Waals surface area (Å²) in [5, 5.41) is 7.03. The number of rotatable bonds is 8. The van der Waals surface area contributed by atoms with Gasteiger partial charge in [-0.15, -0.1) is 0 Å². The molecular weight excluding hydrogens is 356 g/mol. The third-order valence-corrected chi connectivity index (χ3v) is 3.89. The minimum Gasteiger partial charge on any atom is -0.493 e. The predicted molar refractivity (Wildman–Crippen MR) is 101 cm³/mol. The number of halogens is 1. The van der Waals surface area contributed by atoms with Crippen LogP contribution in [-0.2, 0) is 9.63 Å². The van der Waals surface area contributed by atoms with Gasteiger partial charge in [-0.25, -0.2) is 0 Å². The Labute approximate surface area is 157 Å². The number of methoxy groups -OCH3 is 2. The van der Waals surface area contributed by atoms with Gasteiger partial charge < -0.3 is 19.6 Å². The molecule has 1 N–H and O–H groups in total. The van der Waals surface area contributed by atoms with Gasteiger partial charge in [0, 0.05) is 5.56 Å². The Morgan fingerprint density at radius 1 is 1.23 bits per heavy atom. The lowest BCUT2D eigenvalue weighted by molar-refractivity contribution is -0.126. The Kier molecular flexibility index (Phi) is 7.29. The van der Waals surface area contributed by atoms with Gasteiger partial charge in [-0.05, 0) is 24.6 Å². The summed E-state index contributed by atoms with van der Waals surface area (Å²) in [7, 11) is 3.03. The lowest BCUT2D eigenvalue weighted by Gasteiger charge is -2.13. The normalized spacial score (nSPS) is 11.8. The molecule has 0 heterocycles. The van der Waals surface area contributed by atoms with E-state index in [0.717, 1.165) is 5.56 Å². The molecule has 0 spiro atoms. The van der Waals surface area contributed by atoms with Crippen LogP contribution in [0.3, 0.4) is 0 Å². The molecule has 0 unspecified atom stereocenters. The van der Waals surface area contributed by atoms with Gasteiger partial charge in [-0.2, -0.15) is 0 Å². The van der Waals surface area contributed by atoms with Gasteiger partial charge in [-0.1, -0.05) is 47.1 Å². The van der Waals surface area contributed by atoms with Gasteiger partial charge in [0.25, 0.3) is 5.91 Å². The third kappa shape index (κ3) is 5.39. The number of amides is 1. The number of nitrogens with one attached hydrogen (secondary N) is 1. The number of benzene rings is 2. The summed E-state index contributed by atoms with van der Waals surface area (Å²) in [4.78, 5) is 17.0. The van der Waals surface area contributed by atoms with E-state index in [9.17, 15) is 4.79 Å². The standard InChI is InChI=1S/C19H21ClN2O4/c1-13(15-7-5-4-6-8-15)22-18(23)12-26-21-11-14-9-16(20)19(25-3)17(10-14)24-2/h4-11,13H,12H2,1-3H3,(H,22,23)/b21-11-/t13-/m0/s1. The minimum absolute atomic E-state index is 0.110. The molecule has 138 valence electrons. The van der Waals surface area contributed by atoms with Crippen molar-refractivity contribution in [1.29, 1.82) is 0 Å². The zero-order valence-electron chi connectivity index (χ0n) is 14.9. The summed E-state index contributed by atoms with van der Waals surface area (Å²) in [5.74, 6) is 0.668. The van der Waals surface area contributed by atoms with Gasteiger partial charge in [0.2, 0.25) is 0 Å². The largest absolute Gasteiger partial charge is 0.493 e. The number of hydrogen-bond donors (Lipinski definition) is 1. The maximum atomic E-state index is 11.9. The van der Waals surface area contributed by atoms with Crippen molar-refractivity contribution in [3.05, 3.63) is 58.6 Å². The van der Waals surface area contributed by atoms with Crippen LogP contribution in [0.1, 0.15) is 24.1 Å². The average Bonchev–Trinajstić information content (AvgIpc) is 2.65. The first-order valence-corrected chi connectivity index (χ1v) is 8.34. The van der Waals surface area contributed by atoms with E-state index in [1.807, 2.05) is 37.3 Å². The van der Waals surface area contributed by atoms with Crippen molar-refractivity contribution in [2.75, 3.05) is 20.8 Å². The Morgan fingerprint density at radius 3 is 2.62 bits per heavy atom. The van der Waals surface area contributed by atoms with Crippen LogP contribution < -0.4 is 14.8 Å². The van der Waals surface area contributed by atoms with Gasteiger partial charge in [0.15, 0.2) is 18.1 Å². The highest BCUT2D eigenvalue weighted by molar-refractivity contribution is 6.32. The molecule has 1 atom stereocenters. The number of ether oxygens (including phenoxy) is 2. The number of hydrogen-bond acceptors (Lipinski definition) is 5. The summed E-state index contributed by atoms with van der Waals surface area (Å²) in [6.45, 7) is 1.72. The second-order valence-corrected chi connectivity index (χ2v) is 5.85. The van der Waals surface area contributed by atoms with Crippen molar-refractivity contribution in [3.63, 3.8) is 0 Å². The fraction of sp³-hybridized carbons (Fsp3) is 0.263. The van der Waals surface area contributed by atoms with E-state index in [1.54, 1.807) is 12.1 Å². The maximum absolute atomic E-state index is 11.9. The van der Waals surface area contributed by atoms with Crippen molar-refractivity contribution < 1.29 is 19.1 Å². The molecule has 0 aliphatic rings. The highest BCUT2D eigenvalue weighted by atomic mass is 35.5. The van der Waals surface area contributed by atoms with Crippen molar-refractivity contribution in [2.45, 2.75) is 13.0 Å². The molecule has 0 saturated heterocycles. The highest BCUT2D eigenvalue weighted by Gasteiger charge is 2.11. The summed E-state index contributed by atoms with van der Waals surface area (Å²) in [5.41, 5.74) is 1.68. The van der Waals surface area contributed by atoms with E-state index in [4.69, 9.17) is 25.9 Å². The smallest absolute Gasteiger partial charge is 0.261 e. The lowest BCUT2D eigenvalue weighted by Crippen LogP contribution is -2.29. The van der Waals surface area contributed by atoms with Crippen LogP contribution >= 0.6 is 11.6 Å². The lowest BCUT2D eigenvalue weighted by atomic mass is 10.1. The fourth-order valence-electron chi connectivity index (χ4n) is 2.31. The third-order valence-electron chi connectivity index (χ3n) is 3.60. The first-order chi connectivity index (χ1) is 12.5. The quantitative estimate of drug-likeness (QED) is 0.564. The zero-order chi connectivity index (χ0) is 18.9. The van der Waals surface area contributed by atoms with E-state index in [2.05, 4.69) is 10.5 Å². The Balaban J connectivity index is 1.87. The first-order valence-electron chi connectivity index (χ1n) is 7.96. The number of nitrogens with zero attached hydrogens (tertiary/aromatic N) is 1. The van der Waals surface area contributed by atoms with Gasteiger partial charge >= 0.3 is 0 Å². The Morgan fingerprint density at radius 2 is 1.96 bits per heavy atom. The van der Waals surface area contributed by atoms with Crippen LogP contribution in [0.2, 0.25) is 5.02 Å². The molecule has 0 bridgehead atoms. The van der Waals surface area contributed by atoms with E-state index in [0.29, 0.717) is 22.1 Å². The van der Waals surface area contributed by atoms with E-state index >= 15 is 0 Å². The van der Waals surface area contributed by atoms with Crippen LogP contribution in [0.15, 0.2) is 47.6 Å². The fourth-order valence-corrected chi connectivity index (χ4v) is 2.61. The molecule has 0 aliphatic carbocycles. The van der Waals surface area contributed by atoms with Crippen LogP contribution in [0.5, 0.6) is 11.5 Å². The molecule has 2 rings (SSSR count). The van der Waals surface area contributed by atoms with Crippen LogP contribution in [0.4, 0.5) is 0 Å². The minimum atomic E-state index is -0.260. The monoisotopic (exact) mass is 376 g/mol. The average molecular weight is 377 g/mol. The second-order valence-electron chi connectivity index (χ2n) is 5.45. The Bertz CT molecular complexity index is 766. The first kappa shape index (κ1) is 19.6. The summed E-state index contributed by atoms with van der Waals surface area (Å²) in [6.07, 6.45) is 1.45. The van der Waals surface area contributed by atoms with E-state index < -0.39 is 0 Å². The van der Waals surface area contributed by atoms with Crippen molar-refractivity contribution in [2.24, 2.45) is 5.16 Å². The zero-order valence-corrected chi connectivity index (χ0v) is 15.6. The van der Waals surface area contributed by atoms with Gasteiger partial charge in [0.05, 0.1) is 31.5 Å². The highest BCUT2D eigenvalue weighted by Crippen LogP contribution is 2.35. The molecule has 0 aromatic heterocycles. The maximum Gasteiger partial charge on any atom is 0.261 e. The van der Waals surface area contributed by atoms with Gasteiger partial charge in [-0.3, -0.25) is 4.79 Å². The van der Waals surface area contributed by atoms with E-state index in [-0.39, 0.29) is 18.6 Å². The molecule has 7 heteroatoms. The number of carbonyl (C=O) groups excluding carboxylic acids is 1. The van der Waals surface area contributed by atoms with Crippen LogP contribution in [0, 0.1) is 0 Å². The molecular formula is C19H21ClN2O4. The molecule has 2 aromatic carbocycles. The van der Waals surface area contributed by atoms with Crippen LogP contribution in [-0.4, -0.2) is 32.9 Å². The Hall–Kier alpha value is -2.73. The topological polar surface area (TPSA) is 69.2 Å². The van der Waals surface area contributed by atoms with Gasteiger partial charge in [0.1, 0.15) is 0 Å². The van der Waals surface area contributed by atoms with Crippen molar-refractivity contribution in [3.8, 4) is 11.5 Å². The number of oxime groups is 1. The molecule has 6 nitrogen and oxygen atoms in total. The SMILES string of the molecule is COc1cc(/C=N\OCC(=O)N[C@@H](C)c2ccccc2)cc(Cl)c1OC. The van der Waals surface area contributed by atoms with Crippen molar-refractivity contribution >= 4 is 23.7 Å². The molecule has 0 fully saturated rings. The van der Waals surface area contributed by atoms with Crippen LogP contribution in [0.25, 0.3) is 0 Å². The summed E-state index contributed by atoms with van der Waals surface area (Å²) < 4.78 is 10.4. The summed E-state index contributed by atoms with van der Waals surface area (Å²) >= 11 is 6.12. The second kappa shape index (κ2) is 9.68. The molecule has 0 aliphatic heterocycles. The molecule has 0 saturated carbocycles. The molecule has 1 amide bonds. The predicted octanol–water partition coefficient (Wildman–Crippen LogP) is 3.59. The molecule has 2 aromatic rings. The van der Waals surface area contributed by atoms with E-state index in [1.165, 1.54) is 20.4 Å². The van der Waals surface area contributed by atoms with Crippen molar-refractivity contribution in [1.82, 2.24) is 5.32 Å². The molecule has 26 heavy (non-hydrogen) atoms. The summed E-state index contributed by atoms with van der Waals surface area (Å²) in [6, 6.07) is 12.9. The molecule has 0 radical (unpaired) electrons.